The smallest absolute Gasteiger partial charge is 0.303 e. The molecular weight excluding hydrogens is 206 g/mol. The Morgan fingerprint density at radius 2 is 2.14 bits per heavy atom. The van der Waals surface area contributed by atoms with E-state index < -0.39 is 5.97 Å². The summed E-state index contributed by atoms with van der Waals surface area (Å²) in [6.07, 6.45) is 1.47. The fourth-order valence-electron chi connectivity index (χ4n) is 1.07. The van der Waals surface area contributed by atoms with Gasteiger partial charge in [-0.1, -0.05) is 0 Å². The number of aliphatic carboxylic acids is 1. The van der Waals surface area contributed by atoms with Crippen molar-refractivity contribution < 1.29 is 9.90 Å². The lowest BCUT2D eigenvalue weighted by atomic mass is 10.2. The van der Waals surface area contributed by atoms with Gasteiger partial charge < -0.3 is 9.67 Å². The number of carboxylic acids is 1. The molecule has 80 valence electrons. The van der Waals surface area contributed by atoms with Crippen LogP contribution in [0.15, 0.2) is 0 Å². The molecule has 0 aliphatic heterocycles. The zero-order valence-corrected chi connectivity index (χ0v) is 9.04. The third kappa shape index (κ3) is 3.33. The molecule has 0 unspecified atom stereocenters. The van der Waals surface area contributed by atoms with Gasteiger partial charge >= 0.3 is 5.97 Å². The van der Waals surface area contributed by atoms with E-state index in [4.69, 9.17) is 5.11 Å². The highest BCUT2D eigenvalue weighted by Gasteiger charge is 2.05. The lowest BCUT2D eigenvalue weighted by Gasteiger charge is -1.99. The van der Waals surface area contributed by atoms with Gasteiger partial charge in [0, 0.05) is 19.9 Å². The van der Waals surface area contributed by atoms with Crippen molar-refractivity contribution >= 4 is 18.4 Å². The maximum Gasteiger partial charge on any atom is 0.303 e. The van der Waals surface area contributed by atoms with Crippen molar-refractivity contribution in [1.29, 1.82) is 0 Å². The quantitative estimate of drug-likeness (QED) is 0.819. The number of nitrogens with zero attached hydrogens (tertiary/aromatic N) is 3. The number of carbonyl (C=O) groups is 1. The molecule has 0 aromatic carbocycles. The van der Waals surface area contributed by atoms with E-state index >= 15 is 0 Å². The summed E-state index contributed by atoms with van der Waals surface area (Å²) in [5.74, 6) is 0.933. The van der Waals surface area contributed by atoms with Gasteiger partial charge in [0.1, 0.15) is 11.6 Å². The van der Waals surface area contributed by atoms with Crippen LogP contribution < -0.4 is 0 Å². The van der Waals surface area contributed by atoms with Gasteiger partial charge in [0.15, 0.2) is 0 Å². The number of hydrogen-bond donors (Lipinski definition) is 1. The van der Waals surface area contributed by atoms with E-state index in [2.05, 4.69) is 10.2 Å². The Labute approximate surface area is 88.6 Å². The number of aryl methyl sites for hydroxylation is 2. The molecule has 14 heavy (non-hydrogen) atoms. The van der Waals surface area contributed by atoms with Crippen molar-refractivity contribution in [1.82, 2.24) is 14.8 Å². The molecular formula is C8H14ClN3O2. The molecule has 1 rings (SSSR count). The standard InChI is InChI=1S/C8H13N3O2.ClH/c1-6-9-10-7(11(6)2)4-3-5-8(12)13;/h3-5H2,1-2H3,(H,12,13);1H. The minimum absolute atomic E-state index is 0. The first-order valence-electron chi connectivity index (χ1n) is 4.18. The second kappa shape index (κ2) is 5.59. The number of hydrogen-bond acceptors (Lipinski definition) is 3. The van der Waals surface area contributed by atoms with Crippen LogP contribution in [0.3, 0.4) is 0 Å². The number of halogens is 1. The average Bonchev–Trinajstić information content (AvgIpc) is 2.35. The van der Waals surface area contributed by atoms with Gasteiger partial charge in [-0.3, -0.25) is 4.79 Å². The molecule has 1 N–H and O–H groups in total. The maximum absolute atomic E-state index is 10.2. The van der Waals surface area contributed by atoms with Crippen LogP contribution >= 0.6 is 12.4 Å². The highest BCUT2D eigenvalue weighted by atomic mass is 35.5. The molecule has 5 nitrogen and oxygen atoms in total. The first kappa shape index (κ1) is 12.9. The van der Waals surface area contributed by atoms with Crippen LogP contribution in [0.1, 0.15) is 24.5 Å². The van der Waals surface area contributed by atoms with E-state index in [-0.39, 0.29) is 18.8 Å². The first-order chi connectivity index (χ1) is 6.11. The predicted molar refractivity (Wildman–Crippen MR) is 53.6 cm³/mol. The van der Waals surface area contributed by atoms with E-state index in [0.29, 0.717) is 12.8 Å². The van der Waals surface area contributed by atoms with Gasteiger partial charge in [0.2, 0.25) is 0 Å². The third-order valence-electron chi connectivity index (χ3n) is 1.97. The molecule has 0 atom stereocenters. The van der Waals surface area contributed by atoms with Gasteiger partial charge in [-0.05, 0) is 13.3 Å². The number of carboxylic acid groups (broad SMARTS) is 1. The lowest BCUT2D eigenvalue weighted by molar-refractivity contribution is -0.137. The van der Waals surface area contributed by atoms with Crippen LogP contribution in [0.5, 0.6) is 0 Å². The summed E-state index contributed by atoms with van der Waals surface area (Å²) in [6, 6.07) is 0. The van der Waals surface area contributed by atoms with E-state index in [1.165, 1.54) is 0 Å². The zero-order valence-electron chi connectivity index (χ0n) is 8.23. The van der Waals surface area contributed by atoms with Gasteiger partial charge in [0.05, 0.1) is 0 Å². The zero-order chi connectivity index (χ0) is 9.84. The Bertz CT molecular complexity index is 312. The molecule has 0 bridgehead atoms. The Morgan fingerprint density at radius 3 is 2.57 bits per heavy atom. The van der Waals surface area contributed by atoms with Crippen molar-refractivity contribution in [2.75, 3.05) is 0 Å². The summed E-state index contributed by atoms with van der Waals surface area (Å²) in [5, 5.41) is 16.2. The first-order valence-corrected chi connectivity index (χ1v) is 4.18. The number of aromatic nitrogens is 3. The van der Waals surface area contributed by atoms with Gasteiger partial charge in [-0.15, -0.1) is 22.6 Å². The SMILES string of the molecule is Cc1nnc(CCCC(=O)O)n1C.Cl. The topological polar surface area (TPSA) is 68.0 Å². The van der Waals surface area contributed by atoms with E-state index in [0.717, 1.165) is 11.6 Å². The van der Waals surface area contributed by atoms with Crippen molar-refractivity contribution in [2.24, 2.45) is 7.05 Å². The monoisotopic (exact) mass is 219 g/mol. The van der Waals surface area contributed by atoms with Crippen molar-refractivity contribution in [3.05, 3.63) is 11.6 Å². The summed E-state index contributed by atoms with van der Waals surface area (Å²) in [7, 11) is 1.88. The summed E-state index contributed by atoms with van der Waals surface area (Å²) in [5.41, 5.74) is 0. The summed E-state index contributed by atoms with van der Waals surface area (Å²) in [6.45, 7) is 1.87. The minimum atomic E-state index is -0.765. The van der Waals surface area contributed by atoms with Crippen molar-refractivity contribution in [3.63, 3.8) is 0 Å². The van der Waals surface area contributed by atoms with E-state index in [1.54, 1.807) is 0 Å². The third-order valence-corrected chi connectivity index (χ3v) is 1.97. The largest absolute Gasteiger partial charge is 0.481 e. The van der Waals surface area contributed by atoms with Crippen LogP contribution in [-0.4, -0.2) is 25.8 Å². The van der Waals surface area contributed by atoms with Gasteiger partial charge in [-0.2, -0.15) is 0 Å². The maximum atomic E-state index is 10.2. The fraction of sp³-hybridized carbons (Fsp3) is 0.625. The molecule has 0 aliphatic rings. The molecule has 6 heteroatoms. The fourth-order valence-corrected chi connectivity index (χ4v) is 1.07. The number of rotatable bonds is 4. The molecule has 1 aromatic rings. The van der Waals surface area contributed by atoms with Crippen LogP contribution in [0, 0.1) is 6.92 Å². The lowest BCUT2D eigenvalue weighted by Crippen LogP contribution is -2.02. The normalized spacial score (nSPS) is 9.57. The molecule has 0 amide bonds. The minimum Gasteiger partial charge on any atom is -0.481 e. The highest BCUT2D eigenvalue weighted by Crippen LogP contribution is 2.02. The van der Waals surface area contributed by atoms with Gasteiger partial charge in [-0.25, -0.2) is 0 Å². The second-order valence-electron chi connectivity index (χ2n) is 2.97. The van der Waals surface area contributed by atoms with Gasteiger partial charge in [0.25, 0.3) is 0 Å². The van der Waals surface area contributed by atoms with Crippen LogP contribution in [0.2, 0.25) is 0 Å². The molecule has 0 saturated heterocycles. The molecule has 0 radical (unpaired) electrons. The highest BCUT2D eigenvalue weighted by molar-refractivity contribution is 5.85. The molecule has 1 heterocycles. The second-order valence-corrected chi connectivity index (χ2v) is 2.97. The molecule has 0 fully saturated rings. The summed E-state index contributed by atoms with van der Waals surface area (Å²) >= 11 is 0. The average molecular weight is 220 g/mol. The van der Waals surface area contributed by atoms with Crippen LogP contribution in [0.4, 0.5) is 0 Å². The Morgan fingerprint density at radius 1 is 1.50 bits per heavy atom. The molecule has 0 aliphatic carbocycles. The Balaban J connectivity index is 0.00000169. The molecule has 0 saturated carbocycles. The van der Waals surface area contributed by atoms with Crippen molar-refractivity contribution in [2.45, 2.75) is 26.2 Å². The molecule has 1 aromatic heterocycles. The Hall–Kier alpha value is -1.10. The van der Waals surface area contributed by atoms with E-state index in [1.807, 2.05) is 18.5 Å². The van der Waals surface area contributed by atoms with Crippen LogP contribution in [0.25, 0.3) is 0 Å². The molecule has 0 spiro atoms. The van der Waals surface area contributed by atoms with Crippen molar-refractivity contribution in [3.8, 4) is 0 Å². The van der Waals surface area contributed by atoms with Crippen LogP contribution in [-0.2, 0) is 18.3 Å². The summed E-state index contributed by atoms with van der Waals surface area (Å²) in [4.78, 5) is 10.2. The Kier molecular flexibility index (Phi) is 5.15. The van der Waals surface area contributed by atoms with E-state index in [9.17, 15) is 4.79 Å². The summed E-state index contributed by atoms with van der Waals surface area (Å²) < 4.78 is 1.88. The predicted octanol–water partition coefficient (Wildman–Crippen LogP) is 0.953.